The Labute approximate surface area is 154 Å². The summed E-state index contributed by atoms with van der Waals surface area (Å²) < 4.78 is 1.05. The zero-order valence-electron chi connectivity index (χ0n) is 14.3. The van der Waals surface area contributed by atoms with E-state index in [-0.39, 0.29) is 18.3 Å². The standard InChI is InChI=1S/C18H27BrN2O.ClH/c1-18(2,15-4-6-16(19)7-5-15)17(22)21-12-9-14(10-13-21)8-11-20-3;/h4-7,14,20H,8-13H2,1-3H3;1H. The predicted octanol–water partition coefficient (Wildman–Crippen LogP) is 4.00. The molecule has 0 spiro atoms. The molecule has 1 amide bonds. The second-order valence-electron chi connectivity index (χ2n) is 6.76. The number of likely N-dealkylation sites (tertiary alicyclic amines) is 1. The van der Waals surface area contributed by atoms with Gasteiger partial charge < -0.3 is 10.2 Å². The molecule has 5 heteroatoms. The first-order valence-electron chi connectivity index (χ1n) is 8.15. The lowest BCUT2D eigenvalue weighted by Crippen LogP contribution is -2.47. The van der Waals surface area contributed by atoms with Crippen molar-refractivity contribution < 1.29 is 4.79 Å². The minimum absolute atomic E-state index is 0. The smallest absolute Gasteiger partial charge is 0.232 e. The van der Waals surface area contributed by atoms with Gasteiger partial charge in [0.25, 0.3) is 0 Å². The summed E-state index contributed by atoms with van der Waals surface area (Å²) in [7, 11) is 2.00. The molecule has 0 radical (unpaired) electrons. The highest BCUT2D eigenvalue weighted by molar-refractivity contribution is 9.10. The molecule has 1 aromatic rings. The first-order chi connectivity index (χ1) is 10.4. The molecule has 1 saturated heterocycles. The maximum absolute atomic E-state index is 12.9. The average molecular weight is 404 g/mol. The molecule has 1 N–H and O–H groups in total. The Morgan fingerprint density at radius 3 is 2.35 bits per heavy atom. The van der Waals surface area contributed by atoms with E-state index in [2.05, 4.69) is 26.1 Å². The molecule has 1 aromatic carbocycles. The van der Waals surface area contributed by atoms with Crippen LogP contribution in [0.2, 0.25) is 0 Å². The molecule has 1 aliphatic heterocycles. The molecule has 0 atom stereocenters. The van der Waals surface area contributed by atoms with Crippen LogP contribution < -0.4 is 5.32 Å². The van der Waals surface area contributed by atoms with Crippen LogP contribution in [-0.4, -0.2) is 37.5 Å². The number of nitrogens with one attached hydrogen (secondary N) is 1. The van der Waals surface area contributed by atoms with E-state index in [1.807, 2.05) is 45.2 Å². The van der Waals surface area contributed by atoms with Crippen LogP contribution in [0.25, 0.3) is 0 Å². The fourth-order valence-electron chi connectivity index (χ4n) is 3.16. The van der Waals surface area contributed by atoms with Crippen LogP contribution >= 0.6 is 28.3 Å². The number of hydrogen-bond acceptors (Lipinski definition) is 2. The summed E-state index contributed by atoms with van der Waals surface area (Å²) in [5.41, 5.74) is 0.622. The number of carbonyl (C=O) groups excluding carboxylic acids is 1. The van der Waals surface area contributed by atoms with Gasteiger partial charge in [0, 0.05) is 17.6 Å². The number of amides is 1. The highest BCUT2D eigenvalue weighted by Crippen LogP contribution is 2.29. The molecule has 0 aliphatic carbocycles. The fourth-order valence-corrected chi connectivity index (χ4v) is 3.42. The maximum atomic E-state index is 12.9. The van der Waals surface area contributed by atoms with Crippen LogP contribution in [0.15, 0.2) is 28.7 Å². The number of rotatable bonds is 5. The molecule has 130 valence electrons. The molecule has 0 bridgehead atoms. The highest BCUT2D eigenvalue weighted by Gasteiger charge is 2.35. The van der Waals surface area contributed by atoms with Crippen LogP contribution in [0, 0.1) is 5.92 Å². The third-order valence-electron chi connectivity index (χ3n) is 4.80. The number of hydrogen-bond donors (Lipinski definition) is 1. The summed E-state index contributed by atoms with van der Waals surface area (Å²) in [6.07, 6.45) is 3.47. The van der Waals surface area contributed by atoms with Crippen molar-refractivity contribution in [1.29, 1.82) is 0 Å². The van der Waals surface area contributed by atoms with Crippen molar-refractivity contribution in [3.8, 4) is 0 Å². The Hall–Kier alpha value is -0.580. The fraction of sp³-hybridized carbons (Fsp3) is 0.611. The molecule has 0 unspecified atom stereocenters. The second kappa shape index (κ2) is 9.05. The lowest BCUT2D eigenvalue weighted by Gasteiger charge is -2.37. The van der Waals surface area contributed by atoms with E-state index in [0.717, 1.165) is 48.4 Å². The Kier molecular flexibility index (Phi) is 8.05. The van der Waals surface area contributed by atoms with Crippen LogP contribution in [0.4, 0.5) is 0 Å². The number of benzene rings is 1. The van der Waals surface area contributed by atoms with Gasteiger partial charge in [0.15, 0.2) is 0 Å². The minimum atomic E-state index is -0.460. The van der Waals surface area contributed by atoms with E-state index < -0.39 is 5.41 Å². The zero-order valence-corrected chi connectivity index (χ0v) is 16.7. The van der Waals surface area contributed by atoms with Gasteiger partial charge in [-0.3, -0.25) is 4.79 Å². The third-order valence-corrected chi connectivity index (χ3v) is 5.33. The number of piperidine rings is 1. The first kappa shape index (κ1) is 20.5. The van der Waals surface area contributed by atoms with Crippen molar-refractivity contribution in [3.05, 3.63) is 34.3 Å². The van der Waals surface area contributed by atoms with Crippen molar-refractivity contribution in [2.45, 2.75) is 38.5 Å². The molecular formula is C18H28BrClN2O. The van der Waals surface area contributed by atoms with Gasteiger partial charge in [0.2, 0.25) is 5.91 Å². The van der Waals surface area contributed by atoms with Gasteiger partial charge in [-0.2, -0.15) is 0 Å². The lowest BCUT2D eigenvalue weighted by atomic mass is 9.82. The monoisotopic (exact) mass is 402 g/mol. The van der Waals surface area contributed by atoms with Crippen molar-refractivity contribution in [2.75, 3.05) is 26.7 Å². The quantitative estimate of drug-likeness (QED) is 0.806. The molecule has 0 saturated carbocycles. The molecule has 1 fully saturated rings. The summed E-state index contributed by atoms with van der Waals surface area (Å²) in [6.45, 7) is 6.93. The number of nitrogens with zero attached hydrogens (tertiary/aromatic N) is 1. The first-order valence-corrected chi connectivity index (χ1v) is 8.94. The van der Waals surface area contributed by atoms with Gasteiger partial charge in [-0.15, -0.1) is 12.4 Å². The molecule has 2 rings (SSSR count). The van der Waals surface area contributed by atoms with Crippen LogP contribution in [0.3, 0.4) is 0 Å². The molecule has 0 aromatic heterocycles. The summed E-state index contributed by atoms with van der Waals surface area (Å²) in [4.78, 5) is 15.0. The number of halogens is 2. The predicted molar refractivity (Wildman–Crippen MR) is 102 cm³/mol. The van der Waals surface area contributed by atoms with Gasteiger partial charge >= 0.3 is 0 Å². The molecule has 1 aliphatic rings. The van der Waals surface area contributed by atoms with Crippen molar-refractivity contribution >= 4 is 34.2 Å². The molecule has 23 heavy (non-hydrogen) atoms. The van der Waals surface area contributed by atoms with Gasteiger partial charge in [0.05, 0.1) is 5.41 Å². The van der Waals surface area contributed by atoms with Crippen LogP contribution in [0.5, 0.6) is 0 Å². The van der Waals surface area contributed by atoms with E-state index in [4.69, 9.17) is 0 Å². The largest absolute Gasteiger partial charge is 0.342 e. The normalized spacial score (nSPS) is 16.1. The van der Waals surface area contributed by atoms with Gasteiger partial charge in [-0.05, 0) is 70.3 Å². The molecule has 1 heterocycles. The number of carbonyl (C=O) groups is 1. The highest BCUT2D eigenvalue weighted by atomic mass is 79.9. The van der Waals surface area contributed by atoms with Crippen molar-refractivity contribution in [3.63, 3.8) is 0 Å². The zero-order chi connectivity index (χ0) is 16.2. The van der Waals surface area contributed by atoms with E-state index in [1.54, 1.807) is 0 Å². The topological polar surface area (TPSA) is 32.3 Å². The van der Waals surface area contributed by atoms with Crippen LogP contribution in [-0.2, 0) is 10.2 Å². The minimum Gasteiger partial charge on any atom is -0.342 e. The summed E-state index contributed by atoms with van der Waals surface area (Å²) in [6, 6.07) is 8.10. The van der Waals surface area contributed by atoms with Crippen molar-refractivity contribution in [1.82, 2.24) is 10.2 Å². The van der Waals surface area contributed by atoms with Gasteiger partial charge in [-0.25, -0.2) is 0 Å². The Morgan fingerprint density at radius 2 is 1.83 bits per heavy atom. The maximum Gasteiger partial charge on any atom is 0.232 e. The van der Waals surface area contributed by atoms with Gasteiger partial charge in [0.1, 0.15) is 0 Å². The molecule has 3 nitrogen and oxygen atoms in total. The summed E-state index contributed by atoms with van der Waals surface area (Å²) in [5.74, 6) is 1.01. The van der Waals surface area contributed by atoms with E-state index in [9.17, 15) is 4.79 Å². The van der Waals surface area contributed by atoms with Crippen LogP contribution in [0.1, 0.15) is 38.7 Å². The molecular weight excluding hydrogens is 376 g/mol. The Morgan fingerprint density at radius 1 is 1.26 bits per heavy atom. The Balaban J connectivity index is 0.00000264. The lowest BCUT2D eigenvalue weighted by molar-refractivity contribution is -0.137. The van der Waals surface area contributed by atoms with E-state index in [1.165, 1.54) is 6.42 Å². The third kappa shape index (κ3) is 5.20. The average Bonchev–Trinajstić information content (AvgIpc) is 2.53. The SMILES string of the molecule is CNCCC1CCN(C(=O)C(C)(C)c2ccc(Br)cc2)CC1.Cl. The summed E-state index contributed by atoms with van der Waals surface area (Å²) in [5, 5.41) is 3.21. The van der Waals surface area contributed by atoms with Crippen molar-refractivity contribution in [2.24, 2.45) is 5.92 Å². The second-order valence-corrected chi connectivity index (χ2v) is 7.68. The van der Waals surface area contributed by atoms with E-state index >= 15 is 0 Å². The summed E-state index contributed by atoms with van der Waals surface area (Å²) >= 11 is 3.45. The van der Waals surface area contributed by atoms with Gasteiger partial charge in [-0.1, -0.05) is 28.1 Å². The Bertz CT molecular complexity index is 496. The van der Waals surface area contributed by atoms with E-state index in [0.29, 0.717) is 0 Å².